The van der Waals surface area contributed by atoms with Gasteiger partial charge >= 0.3 is 0 Å². The maximum absolute atomic E-state index is 5.48. The standard InChI is InChI=1S/C18H39N.C2H2/c1-2-3-4-5-6-7-8-9-10-11-12-13-14-15-16-17-18-19;1-2/h2-19H2,1H3;1-2H. The quantitative estimate of drug-likeness (QED) is 0.257. The predicted octanol–water partition coefficient (Wildman–Crippen LogP) is 6.46. The summed E-state index contributed by atoms with van der Waals surface area (Å²) < 4.78 is 0. The summed E-state index contributed by atoms with van der Waals surface area (Å²) in [6, 6.07) is 0. The van der Waals surface area contributed by atoms with E-state index in [1.165, 1.54) is 103 Å². The predicted molar refractivity (Wildman–Crippen MR) is 98.5 cm³/mol. The second-order valence-corrected chi connectivity index (χ2v) is 6.09. The lowest BCUT2D eigenvalue weighted by atomic mass is 10.0. The topological polar surface area (TPSA) is 26.0 Å². The van der Waals surface area contributed by atoms with Gasteiger partial charge in [-0.05, 0) is 13.0 Å². The molecular formula is C20H41N. The summed E-state index contributed by atoms with van der Waals surface area (Å²) >= 11 is 0. The molecule has 0 aromatic rings. The summed E-state index contributed by atoms with van der Waals surface area (Å²) in [6.45, 7) is 3.16. The van der Waals surface area contributed by atoms with Crippen LogP contribution in [0.5, 0.6) is 0 Å². The Balaban J connectivity index is 0. The third kappa shape index (κ3) is 24.9. The molecule has 0 saturated carbocycles. The third-order valence-electron chi connectivity index (χ3n) is 4.06. The average molecular weight is 296 g/mol. The van der Waals surface area contributed by atoms with Crippen molar-refractivity contribution in [2.75, 3.05) is 6.54 Å². The first kappa shape index (κ1) is 22.8. The van der Waals surface area contributed by atoms with Gasteiger partial charge in [-0.2, -0.15) is 0 Å². The maximum atomic E-state index is 5.48. The van der Waals surface area contributed by atoms with Gasteiger partial charge in [0, 0.05) is 0 Å². The first-order chi connectivity index (χ1) is 10.4. The molecule has 0 spiro atoms. The lowest BCUT2D eigenvalue weighted by molar-refractivity contribution is 0.530. The third-order valence-corrected chi connectivity index (χ3v) is 4.06. The highest BCUT2D eigenvalue weighted by molar-refractivity contribution is 4.50. The summed E-state index contributed by atoms with van der Waals surface area (Å²) in [5.41, 5.74) is 5.48. The molecule has 0 aliphatic heterocycles. The van der Waals surface area contributed by atoms with Crippen molar-refractivity contribution in [1.82, 2.24) is 0 Å². The van der Waals surface area contributed by atoms with Gasteiger partial charge in [0.25, 0.3) is 0 Å². The summed E-state index contributed by atoms with van der Waals surface area (Å²) in [7, 11) is 0. The fourth-order valence-corrected chi connectivity index (χ4v) is 2.69. The van der Waals surface area contributed by atoms with Crippen molar-refractivity contribution in [2.45, 2.75) is 110 Å². The van der Waals surface area contributed by atoms with E-state index in [0.29, 0.717) is 0 Å². The number of hydrogen-bond acceptors (Lipinski definition) is 1. The number of rotatable bonds is 16. The van der Waals surface area contributed by atoms with Gasteiger partial charge in [0.2, 0.25) is 0 Å². The Bertz CT molecular complexity index is 158. The minimum atomic E-state index is 0.873. The smallest absolute Gasteiger partial charge is 0.00773 e. The maximum Gasteiger partial charge on any atom is -0.00773 e. The van der Waals surface area contributed by atoms with Gasteiger partial charge in [-0.1, -0.05) is 103 Å². The van der Waals surface area contributed by atoms with Crippen LogP contribution in [0.4, 0.5) is 0 Å². The Morgan fingerprint density at radius 3 is 0.952 bits per heavy atom. The summed E-state index contributed by atoms with van der Waals surface area (Å²) in [5, 5.41) is 0. The van der Waals surface area contributed by atoms with Crippen LogP contribution in [0.3, 0.4) is 0 Å². The van der Waals surface area contributed by atoms with Gasteiger partial charge < -0.3 is 5.73 Å². The molecule has 1 heteroatoms. The molecule has 0 aliphatic rings. The van der Waals surface area contributed by atoms with Crippen molar-refractivity contribution in [3.05, 3.63) is 0 Å². The molecular weight excluding hydrogens is 254 g/mol. The van der Waals surface area contributed by atoms with Crippen molar-refractivity contribution < 1.29 is 0 Å². The van der Waals surface area contributed by atoms with Gasteiger partial charge in [-0.15, -0.1) is 12.8 Å². The van der Waals surface area contributed by atoms with Crippen LogP contribution in [0, 0.1) is 12.8 Å². The Kier molecular flexibility index (Phi) is 26.6. The molecule has 0 unspecified atom stereocenters. The first-order valence-electron chi connectivity index (χ1n) is 9.45. The lowest BCUT2D eigenvalue weighted by Gasteiger charge is -2.03. The zero-order valence-electron chi connectivity index (χ0n) is 14.8. The van der Waals surface area contributed by atoms with Gasteiger partial charge in [0.1, 0.15) is 0 Å². The zero-order chi connectivity index (χ0) is 16.0. The van der Waals surface area contributed by atoms with Crippen molar-refractivity contribution in [3.8, 4) is 12.8 Å². The number of unbranched alkanes of at least 4 members (excludes halogenated alkanes) is 15. The van der Waals surface area contributed by atoms with E-state index in [9.17, 15) is 0 Å². The van der Waals surface area contributed by atoms with Crippen LogP contribution in [-0.4, -0.2) is 6.54 Å². The van der Waals surface area contributed by atoms with Gasteiger partial charge in [-0.3, -0.25) is 0 Å². The van der Waals surface area contributed by atoms with E-state index in [1.54, 1.807) is 0 Å². The fraction of sp³-hybridized carbons (Fsp3) is 0.900. The van der Waals surface area contributed by atoms with E-state index in [0.717, 1.165) is 6.54 Å². The molecule has 0 radical (unpaired) electrons. The van der Waals surface area contributed by atoms with Crippen molar-refractivity contribution in [3.63, 3.8) is 0 Å². The second-order valence-electron chi connectivity index (χ2n) is 6.09. The lowest BCUT2D eigenvalue weighted by Crippen LogP contribution is -1.97. The molecule has 0 heterocycles. The molecule has 21 heavy (non-hydrogen) atoms. The largest absolute Gasteiger partial charge is 0.330 e. The highest BCUT2D eigenvalue weighted by atomic mass is 14.5. The van der Waals surface area contributed by atoms with Crippen LogP contribution in [0.15, 0.2) is 0 Å². The van der Waals surface area contributed by atoms with Crippen molar-refractivity contribution in [2.24, 2.45) is 5.73 Å². The summed E-state index contributed by atoms with van der Waals surface area (Å²) in [5.74, 6) is 0. The molecule has 1 nitrogen and oxygen atoms in total. The minimum absolute atomic E-state index is 0.873. The van der Waals surface area contributed by atoms with Crippen LogP contribution in [-0.2, 0) is 0 Å². The zero-order valence-corrected chi connectivity index (χ0v) is 14.8. The van der Waals surface area contributed by atoms with Crippen molar-refractivity contribution in [1.29, 1.82) is 0 Å². The van der Waals surface area contributed by atoms with Crippen molar-refractivity contribution >= 4 is 0 Å². The Labute approximate surface area is 135 Å². The van der Waals surface area contributed by atoms with Crippen LogP contribution in [0.2, 0.25) is 0 Å². The number of hydrogen-bond donors (Lipinski definition) is 1. The first-order valence-corrected chi connectivity index (χ1v) is 9.45. The normalized spacial score (nSPS) is 10.1. The number of nitrogens with two attached hydrogens (primary N) is 1. The molecule has 0 atom stereocenters. The van der Waals surface area contributed by atoms with Crippen LogP contribution in [0.25, 0.3) is 0 Å². The SMILES string of the molecule is C#C.CCCCCCCCCCCCCCCCCCN. The van der Waals surface area contributed by atoms with E-state index in [4.69, 9.17) is 5.73 Å². The van der Waals surface area contributed by atoms with E-state index < -0.39 is 0 Å². The minimum Gasteiger partial charge on any atom is -0.330 e. The van der Waals surface area contributed by atoms with Gasteiger partial charge in [-0.25, -0.2) is 0 Å². The Morgan fingerprint density at radius 1 is 0.476 bits per heavy atom. The molecule has 2 N–H and O–H groups in total. The molecule has 126 valence electrons. The summed E-state index contributed by atoms with van der Waals surface area (Å²) in [6.07, 6.45) is 30.9. The van der Waals surface area contributed by atoms with E-state index in [1.807, 2.05) is 0 Å². The van der Waals surface area contributed by atoms with Gasteiger partial charge in [0.15, 0.2) is 0 Å². The van der Waals surface area contributed by atoms with Gasteiger partial charge in [0.05, 0.1) is 0 Å². The van der Waals surface area contributed by atoms with Crippen LogP contribution in [0.1, 0.15) is 110 Å². The summed E-state index contributed by atoms with van der Waals surface area (Å²) in [4.78, 5) is 0. The average Bonchev–Trinajstić information content (AvgIpc) is 2.53. The van der Waals surface area contributed by atoms with Crippen LogP contribution >= 0.6 is 0 Å². The molecule has 0 fully saturated rings. The monoisotopic (exact) mass is 295 g/mol. The number of terminal acetylenes is 1. The molecule has 0 bridgehead atoms. The fourth-order valence-electron chi connectivity index (χ4n) is 2.69. The molecule has 0 aromatic carbocycles. The van der Waals surface area contributed by atoms with E-state index >= 15 is 0 Å². The highest BCUT2D eigenvalue weighted by Crippen LogP contribution is 2.13. The Morgan fingerprint density at radius 2 is 0.714 bits per heavy atom. The van der Waals surface area contributed by atoms with E-state index in [-0.39, 0.29) is 0 Å². The molecule has 0 aliphatic carbocycles. The molecule has 0 aromatic heterocycles. The molecule has 0 amide bonds. The van der Waals surface area contributed by atoms with Crippen LogP contribution < -0.4 is 5.73 Å². The second kappa shape index (κ2) is 24.5. The molecule has 0 saturated heterocycles. The van der Waals surface area contributed by atoms with E-state index in [2.05, 4.69) is 19.8 Å². The highest BCUT2D eigenvalue weighted by Gasteiger charge is 1.94. The Hall–Kier alpha value is -0.480. The molecule has 0 rings (SSSR count).